The van der Waals surface area contributed by atoms with E-state index in [-0.39, 0.29) is 18.5 Å². The predicted molar refractivity (Wildman–Crippen MR) is 73.9 cm³/mol. The molecule has 0 saturated carbocycles. The fraction of sp³-hybridized carbons (Fsp3) is 0.500. The first-order valence-corrected chi connectivity index (χ1v) is 6.78. The van der Waals surface area contributed by atoms with Gasteiger partial charge in [-0.25, -0.2) is 9.78 Å². The van der Waals surface area contributed by atoms with Crippen LogP contribution in [0.5, 0.6) is 5.88 Å². The summed E-state index contributed by atoms with van der Waals surface area (Å²) in [6, 6.07) is 3.44. The van der Waals surface area contributed by atoms with Gasteiger partial charge in [-0.1, -0.05) is 6.92 Å². The largest absolute Gasteiger partial charge is 0.473 e. The van der Waals surface area contributed by atoms with Gasteiger partial charge < -0.3 is 14.7 Å². The maximum Gasteiger partial charge on any atom is 0.433 e. The number of nitriles is 1. The van der Waals surface area contributed by atoms with Crippen molar-refractivity contribution in [1.29, 1.82) is 5.26 Å². The lowest BCUT2D eigenvalue weighted by Crippen LogP contribution is -2.30. The van der Waals surface area contributed by atoms with Gasteiger partial charge in [0.15, 0.2) is 0 Å². The summed E-state index contributed by atoms with van der Waals surface area (Å²) in [6.45, 7) is 1.89. The first kappa shape index (κ1) is 18.5. The Kier molecular flexibility index (Phi) is 6.18. The zero-order valence-electron chi connectivity index (χ0n) is 12.6. The average Bonchev–Trinajstić information content (AvgIpc) is 2.49. The smallest absolute Gasteiger partial charge is 0.433 e. The highest BCUT2D eigenvalue weighted by Gasteiger charge is 2.33. The Morgan fingerprint density at radius 3 is 2.65 bits per heavy atom. The van der Waals surface area contributed by atoms with Crippen LogP contribution in [0.2, 0.25) is 0 Å². The topological polar surface area (TPSA) is 86.5 Å². The van der Waals surface area contributed by atoms with E-state index in [4.69, 9.17) is 15.1 Å². The number of carbonyl (C=O) groups is 1. The molecule has 1 aromatic rings. The fourth-order valence-electron chi connectivity index (χ4n) is 1.71. The van der Waals surface area contributed by atoms with Crippen LogP contribution in [0, 0.1) is 11.3 Å². The second-order valence-corrected chi connectivity index (χ2v) is 4.80. The minimum atomic E-state index is -4.64. The van der Waals surface area contributed by atoms with E-state index >= 15 is 0 Å². The number of hydrogen-bond acceptors (Lipinski definition) is 4. The van der Waals surface area contributed by atoms with Gasteiger partial charge in [-0.2, -0.15) is 18.4 Å². The molecule has 6 nitrogen and oxygen atoms in total. The molecule has 0 spiro atoms. The van der Waals surface area contributed by atoms with E-state index in [9.17, 15) is 18.0 Å². The van der Waals surface area contributed by atoms with Crippen molar-refractivity contribution in [2.75, 3.05) is 13.6 Å². The maximum absolute atomic E-state index is 12.7. The van der Waals surface area contributed by atoms with E-state index < -0.39 is 29.9 Å². The van der Waals surface area contributed by atoms with E-state index in [1.54, 1.807) is 13.0 Å². The molecule has 0 aliphatic heterocycles. The molecule has 1 heterocycles. The van der Waals surface area contributed by atoms with E-state index in [1.807, 2.05) is 0 Å². The number of hydrogen-bond donors (Lipinski definition) is 1. The zero-order chi connectivity index (χ0) is 17.6. The Morgan fingerprint density at radius 2 is 2.17 bits per heavy atom. The predicted octanol–water partition coefficient (Wildman–Crippen LogP) is 3.13. The van der Waals surface area contributed by atoms with Crippen LogP contribution >= 0.6 is 0 Å². The van der Waals surface area contributed by atoms with Gasteiger partial charge >= 0.3 is 12.3 Å². The van der Waals surface area contributed by atoms with Crippen LogP contribution in [0.25, 0.3) is 0 Å². The number of ether oxygens (including phenoxy) is 1. The maximum atomic E-state index is 12.7. The molecule has 1 amide bonds. The number of amides is 1. The van der Waals surface area contributed by atoms with Gasteiger partial charge in [-0.3, -0.25) is 0 Å². The number of pyridine rings is 1. The number of rotatable bonds is 6. The minimum Gasteiger partial charge on any atom is -0.473 e. The molecule has 1 atom stereocenters. The molecule has 0 aliphatic rings. The summed E-state index contributed by atoms with van der Waals surface area (Å²) in [5, 5.41) is 17.7. The summed E-state index contributed by atoms with van der Waals surface area (Å²) in [5.41, 5.74) is -1.26. The number of aromatic nitrogens is 1. The molecule has 0 bridgehead atoms. The number of halogens is 3. The Hall–Kier alpha value is -2.50. The van der Waals surface area contributed by atoms with Crippen LogP contribution < -0.4 is 4.74 Å². The van der Waals surface area contributed by atoms with Crippen molar-refractivity contribution in [1.82, 2.24) is 9.88 Å². The van der Waals surface area contributed by atoms with E-state index in [2.05, 4.69) is 4.98 Å². The second-order valence-electron chi connectivity index (χ2n) is 4.80. The Bertz CT molecular complexity index is 599. The molecule has 23 heavy (non-hydrogen) atoms. The second kappa shape index (κ2) is 7.67. The highest BCUT2D eigenvalue weighted by atomic mass is 19.4. The minimum absolute atomic E-state index is 0.108. The molecule has 0 aliphatic carbocycles. The summed E-state index contributed by atoms with van der Waals surface area (Å²) in [4.78, 5) is 15.1. The van der Waals surface area contributed by atoms with Gasteiger partial charge in [0.2, 0.25) is 5.88 Å². The van der Waals surface area contributed by atoms with Gasteiger partial charge in [0.1, 0.15) is 23.4 Å². The van der Waals surface area contributed by atoms with Gasteiger partial charge in [-0.15, -0.1) is 0 Å². The van der Waals surface area contributed by atoms with Crippen molar-refractivity contribution >= 4 is 6.09 Å². The van der Waals surface area contributed by atoms with E-state index in [0.717, 1.165) is 11.0 Å². The molecule has 126 valence electrons. The Balaban J connectivity index is 2.91. The highest BCUT2D eigenvalue weighted by Crippen LogP contribution is 2.30. The summed E-state index contributed by atoms with van der Waals surface area (Å²) in [7, 11) is 1.37. The van der Waals surface area contributed by atoms with Crippen LogP contribution in [-0.4, -0.2) is 40.8 Å². The number of carboxylic acid groups (broad SMARTS) is 1. The molecule has 0 radical (unpaired) electrons. The lowest BCUT2D eigenvalue weighted by Gasteiger charge is -2.20. The number of nitrogens with zero attached hydrogens (tertiary/aromatic N) is 3. The summed E-state index contributed by atoms with van der Waals surface area (Å²) in [5.74, 6) is -0.396. The molecule has 1 aromatic heterocycles. The first-order valence-electron chi connectivity index (χ1n) is 6.78. The molecule has 0 saturated heterocycles. The first-order chi connectivity index (χ1) is 10.7. The summed E-state index contributed by atoms with van der Waals surface area (Å²) >= 11 is 0. The normalized spacial score (nSPS) is 12.3. The van der Waals surface area contributed by atoms with Crippen molar-refractivity contribution < 1.29 is 27.8 Å². The van der Waals surface area contributed by atoms with Gasteiger partial charge in [0, 0.05) is 20.0 Å². The summed E-state index contributed by atoms with van der Waals surface area (Å²) in [6.07, 6.45) is -5.62. The van der Waals surface area contributed by atoms with Crippen LogP contribution in [0.3, 0.4) is 0 Å². The summed E-state index contributed by atoms with van der Waals surface area (Å²) < 4.78 is 43.5. The van der Waals surface area contributed by atoms with Crippen LogP contribution in [0.1, 0.15) is 31.0 Å². The lowest BCUT2D eigenvalue weighted by atomic mass is 10.2. The van der Waals surface area contributed by atoms with Crippen LogP contribution in [-0.2, 0) is 6.18 Å². The molecular weight excluding hydrogens is 315 g/mol. The third-order valence-corrected chi connectivity index (χ3v) is 3.12. The SMILES string of the molecule is CCC(CCN(C)C(=O)O)Oc1nc(C(F)(F)F)ccc1C#N. The average molecular weight is 331 g/mol. The monoisotopic (exact) mass is 331 g/mol. The molecular formula is C14H16F3N3O3. The van der Waals surface area contributed by atoms with Crippen molar-refractivity contribution in [2.24, 2.45) is 0 Å². The van der Waals surface area contributed by atoms with Crippen LogP contribution in [0.4, 0.5) is 18.0 Å². The van der Waals surface area contributed by atoms with Crippen molar-refractivity contribution in [2.45, 2.75) is 32.0 Å². The molecule has 1 N–H and O–H groups in total. The third kappa shape index (κ3) is 5.32. The highest BCUT2D eigenvalue weighted by molar-refractivity contribution is 5.64. The van der Waals surface area contributed by atoms with Crippen LogP contribution in [0.15, 0.2) is 12.1 Å². The molecule has 0 aromatic carbocycles. The van der Waals surface area contributed by atoms with E-state index in [0.29, 0.717) is 12.5 Å². The van der Waals surface area contributed by atoms with Crippen molar-refractivity contribution in [3.05, 3.63) is 23.4 Å². The standard InChI is InChI=1S/C14H16F3N3O3/c1-3-10(6-7-20(2)13(21)22)23-12-9(8-18)4-5-11(19-12)14(15,16)17/h4-5,10H,3,6-7H2,1-2H3,(H,21,22). The van der Waals surface area contributed by atoms with Crippen molar-refractivity contribution in [3.63, 3.8) is 0 Å². The molecule has 0 fully saturated rings. The van der Waals surface area contributed by atoms with Gasteiger partial charge in [-0.05, 0) is 18.6 Å². The molecule has 9 heteroatoms. The molecule has 1 unspecified atom stereocenters. The Labute approximate surface area is 131 Å². The molecule has 1 rings (SSSR count). The van der Waals surface area contributed by atoms with Crippen molar-refractivity contribution in [3.8, 4) is 11.9 Å². The van der Waals surface area contributed by atoms with Gasteiger partial charge in [0.25, 0.3) is 0 Å². The third-order valence-electron chi connectivity index (χ3n) is 3.12. The quantitative estimate of drug-likeness (QED) is 0.865. The lowest BCUT2D eigenvalue weighted by molar-refractivity contribution is -0.141. The van der Waals surface area contributed by atoms with E-state index in [1.165, 1.54) is 7.05 Å². The zero-order valence-corrected chi connectivity index (χ0v) is 12.6. The fourth-order valence-corrected chi connectivity index (χ4v) is 1.71. The number of alkyl halides is 3. The van der Waals surface area contributed by atoms with Gasteiger partial charge in [0.05, 0.1) is 0 Å². The Morgan fingerprint density at radius 1 is 1.52 bits per heavy atom.